The highest BCUT2D eigenvalue weighted by atomic mass is 32.2. The third-order valence-corrected chi connectivity index (χ3v) is 8.74. The lowest BCUT2D eigenvalue weighted by Gasteiger charge is -2.38. The van der Waals surface area contributed by atoms with Crippen LogP contribution in [0, 0.1) is 0 Å². The Labute approximate surface area is 167 Å². The number of halogens is 4. The predicted octanol–water partition coefficient (Wildman–Crippen LogP) is 5.47. The molecule has 1 aromatic carbocycles. The van der Waals surface area contributed by atoms with E-state index in [4.69, 9.17) is 0 Å². The van der Waals surface area contributed by atoms with E-state index in [2.05, 4.69) is 49.8 Å². The summed E-state index contributed by atoms with van der Waals surface area (Å²) >= 11 is 0. The van der Waals surface area contributed by atoms with E-state index in [1.807, 2.05) is 0 Å². The Morgan fingerprint density at radius 2 is 1.50 bits per heavy atom. The lowest BCUT2D eigenvalue weighted by molar-refractivity contribution is -0.161. The molecule has 2 aliphatic heterocycles. The van der Waals surface area contributed by atoms with Crippen LogP contribution >= 0.6 is 0 Å². The Kier molecular flexibility index (Phi) is 7.14. The minimum Gasteiger partial charge on any atom is -0.543 e. The van der Waals surface area contributed by atoms with E-state index in [9.17, 15) is 26.0 Å². The first kappa shape index (κ1) is 23.5. The van der Waals surface area contributed by atoms with Crippen LogP contribution in [0.15, 0.2) is 29.2 Å². The molecule has 0 amide bonds. The van der Waals surface area contributed by atoms with E-state index in [1.54, 1.807) is 4.90 Å². The molecule has 0 radical (unpaired) electrons. The molecule has 2 aliphatic rings. The molecule has 0 aromatic heterocycles. The van der Waals surface area contributed by atoms with Crippen molar-refractivity contribution in [2.24, 2.45) is 0 Å². The van der Waals surface area contributed by atoms with E-state index in [1.165, 1.54) is 36.3 Å². The van der Waals surface area contributed by atoms with Crippen LogP contribution in [0.1, 0.15) is 52.0 Å². The van der Waals surface area contributed by atoms with E-state index >= 15 is 0 Å². The maximum atomic E-state index is 12.3. The molecule has 3 rings (SSSR count). The van der Waals surface area contributed by atoms with Crippen molar-refractivity contribution in [1.82, 2.24) is 0 Å². The van der Waals surface area contributed by atoms with Crippen LogP contribution < -0.4 is 0 Å². The normalized spacial score (nSPS) is 24.1. The highest BCUT2D eigenvalue weighted by Crippen LogP contribution is 2.46. The second kappa shape index (κ2) is 8.52. The van der Waals surface area contributed by atoms with Gasteiger partial charge in [-0.1, -0.05) is 32.9 Å². The highest BCUT2D eigenvalue weighted by Gasteiger charge is 2.62. The lowest BCUT2D eigenvalue weighted by atomic mass is 9.87. The zero-order valence-corrected chi connectivity index (χ0v) is 18.0. The molecule has 2 saturated heterocycles. The molecule has 0 aliphatic carbocycles. The third kappa shape index (κ3) is 5.21. The van der Waals surface area contributed by atoms with Gasteiger partial charge < -0.3 is 4.72 Å². The van der Waals surface area contributed by atoms with Gasteiger partial charge in [-0.3, -0.25) is 0 Å². The summed E-state index contributed by atoms with van der Waals surface area (Å²) in [5, 5.41) is -5.06. The summed E-state index contributed by atoms with van der Waals surface area (Å²) in [5.74, 6) is -1.66. The lowest BCUT2D eigenvalue weighted by Crippen LogP contribution is -2.50. The minimum absolute atomic E-state index is 0.286. The number of sulfonamides is 1. The smallest absolute Gasteiger partial charge is 0.391 e. The van der Waals surface area contributed by atoms with Crippen LogP contribution in [0.4, 0.5) is 17.6 Å². The average Bonchev–Trinajstić information content (AvgIpc) is 2.61. The monoisotopic (exact) mass is 441 g/mol. The molecule has 160 valence electrons. The average molecular weight is 442 g/mol. The molecule has 28 heavy (non-hydrogen) atoms. The van der Waals surface area contributed by atoms with Crippen LogP contribution in [0.3, 0.4) is 0 Å². The Morgan fingerprint density at radius 3 is 1.93 bits per heavy atom. The van der Waals surface area contributed by atoms with Crippen molar-refractivity contribution >= 4 is 20.9 Å². The van der Waals surface area contributed by atoms with Crippen molar-refractivity contribution in [3.8, 4) is 0 Å². The summed E-state index contributed by atoms with van der Waals surface area (Å²) in [4.78, 5) is 1.59. The van der Waals surface area contributed by atoms with Crippen molar-refractivity contribution in [2.75, 3.05) is 18.1 Å². The van der Waals surface area contributed by atoms with Crippen molar-refractivity contribution in [1.29, 1.82) is 0 Å². The number of benzene rings is 1. The molecular weight excluding hydrogens is 414 g/mol. The van der Waals surface area contributed by atoms with Gasteiger partial charge in [-0.25, -0.2) is 8.42 Å². The maximum absolute atomic E-state index is 12.3. The van der Waals surface area contributed by atoms with Crippen LogP contribution in [-0.4, -0.2) is 37.6 Å². The highest BCUT2D eigenvalue weighted by molar-refractivity contribution is 7.97. The van der Waals surface area contributed by atoms with E-state index in [-0.39, 0.29) is 5.41 Å². The second-order valence-corrected chi connectivity index (χ2v) is 12.0. The molecule has 0 bridgehead atoms. The molecule has 0 atom stereocenters. The van der Waals surface area contributed by atoms with E-state index in [0.717, 1.165) is 0 Å². The van der Waals surface area contributed by atoms with Crippen LogP contribution in [0.25, 0.3) is 4.72 Å². The number of hydrogen-bond acceptors (Lipinski definition) is 2. The molecule has 0 saturated carbocycles. The molecule has 9 heteroatoms. The minimum atomic E-state index is -5.33. The van der Waals surface area contributed by atoms with Crippen LogP contribution in [0.5, 0.6) is 0 Å². The van der Waals surface area contributed by atoms with Gasteiger partial charge in [0.2, 0.25) is 0 Å². The van der Waals surface area contributed by atoms with Crippen molar-refractivity contribution in [3.05, 3.63) is 34.6 Å². The number of nitrogens with zero attached hydrogens (tertiary/aromatic N) is 1. The standard InChI is InChI=1S/C15H23S.C4H4F4NO2S/c1-15(2,3)13-7-9-14(10-8-13)16-11-5-4-6-12-16;5-3(6)1-2-9-12(10,11)4(3,7)8/h7-10H,4-6,11-12H2,1-3H3;1-2H2/q+1;-1. The fourth-order valence-electron chi connectivity index (χ4n) is 2.94. The SMILES string of the molecule is CC(C)(C)c1ccc([S+]2CCCCC2)cc1.O=S1(=O)[N-]CCC(F)(F)C1(F)F. The molecular formula is C19H27F4NO2S2. The van der Waals surface area contributed by atoms with Crippen LogP contribution in [0.2, 0.25) is 0 Å². The van der Waals surface area contributed by atoms with Crippen molar-refractivity contribution in [3.63, 3.8) is 0 Å². The Hall–Kier alpha value is -0.800. The largest absolute Gasteiger partial charge is 0.543 e. The van der Waals surface area contributed by atoms with Gasteiger partial charge in [-0.15, -0.1) is 6.54 Å². The molecule has 2 fully saturated rings. The predicted molar refractivity (Wildman–Crippen MR) is 106 cm³/mol. The third-order valence-electron chi connectivity index (χ3n) is 4.77. The molecule has 3 nitrogen and oxygen atoms in total. The summed E-state index contributed by atoms with van der Waals surface area (Å²) in [6.07, 6.45) is 3.08. The van der Waals surface area contributed by atoms with Gasteiger partial charge in [0.25, 0.3) is 0 Å². The maximum Gasteiger partial charge on any atom is 0.391 e. The first-order valence-electron chi connectivity index (χ1n) is 9.25. The summed E-state index contributed by atoms with van der Waals surface area (Å²) < 4.78 is 72.3. The zero-order valence-electron chi connectivity index (χ0n) is 16.4. The van der Waals surface area contributed by atoms with Crippen molar-refractivity contribution < 1.29 is 26.0 Å². The fraction of sp³-hybridized carbons (Fsp3) is 0.684. The summed E-state index contributed by atoms with van der Waals surface area (Å²) in [7, 11) is -4.77. The number of hydrogen-bond donors (Lipinski definition) is 0. The van der Waals surface area contributed by atoms with E-state index in [0.29, 0.717) is 10.9 Å². The summed E-state index contributed by atoms with van der Waals surface area (Å²) in [6.45, 7) is 6.06. The Bertz CT molecular complexity index is 753. The van der Waals surface area contributed by atoms with Gasteiger partial charge >= 0.3 is 11.2 Å². The number of alkyl halides is 4. The Morgan fingerprint density at radius 1 is 0.964 bits per heavy atom. The fourth-order valence-corrected chi connectivity index (χ4v) is 6.21. The molecule has 0 spiro atoms. The van der Waals surface area contributed by atoms with Crippen LogP contribution in [-0.2, 0) is 26.3 Å². The molecule has 0 N–H and O–H groups in total. The Balaban J connectivity index is 0.000000209. The first-order chi connectivity index (χ1) is 12.8. The number of rotatable bonds is 1. The van der Waals surface area contributed by atoms with Gasteiger partial charge in [0, 0.05) is 17.3 Å². The van der Waals surface area contributed by atoms with Crippen molar-refractivity contribution in [2.45, 2.75) is 67.9 Å². The van der Waals surface area contributed by atoms with Gasteiger partial charge in [-0.2, -0.15) is 17.6 Å². The topological polar surface area (TPSA) is 48.2 Å². The summed E-state index contributed by atoms with van der Waals surface area (Å²) in [6, 6.07) is 9.40. The summed E-state index contributed by atoms with van der Waals surface area (Å²) in [5.41, 5.74) is 1.74. The van der Waals surface area contributed by atoms with E-state index < -0.39 is 34.2 Å². The zero-order chi connectivity index (χ0) is 21.2. The van der Waals surface area contributed by atoms with Gasteiger partial charge in [-0.05, 0) is 42.4 Å². The van der Waals surface area contributed by atoms with Gasteiger partial charge in [0.05, 0.1) is 0 Å². The molecule has 1 aromatic rings. The quantitative estimate of drug-likeness (QED) is 0.429. The second-order valence-electron chi connectivity index (χ2n) is 8.04. The first-order valence-corrected chi connectivity index (χ1v) is 12.3. The molecule has 2 heterocycles. The van der Waals surface area contributed by atoms with Gasteiger partial charge in [0.1, 0.15) is 21.5 Å². The van der Waals surface area contributed by atoms with Gasteiger partial charge in [0.15, 0.2) is 4.90 Å². The molecule has 0 unspecified atom stereocenters.